The summed E-state index contributed by atoms with van der Waals surface area (Å²) in [6.45, 7) is 5.82. The van der Waals surface area contributed by atoms with Crippen molar-refractivity contribution >= 4 is 21.6 Å². The molecule has 2 aromatic heterocycles. The molecule has 16 heavy (non-hydrogen) atoms. The minimum Gasteiger partial charge on any atom is -0.388 e. The van der Waals surface area contributed by atoms with Crippen LogP contribution in [0.4, 0.5) is 0 Å². The number of aliphatic hydroxyl groups excluding tert-OH is 1. The maximum absolute atomic E-state index is 9.99. The zero-order chi connectivity index (χ0) is 11.5. The average Bonchev–Trinajstić information content (AvgIpc) is 2.72. The molecule has 0 radical (unpaired) electrons. The van der Waals surface area contributed by atoms with Crippen molar-refractivity contribution in [3.8, 4) is 0 Å². The molecule has 2 heterocycles. The number of allylic oxidation sites excluding steroid dienone is 1. The fraction of sp³-hybridized carbons (Fsp3) is 0.308. The lowest BCUT2D eigenvalue weighted by molar-refractivity contribution is 0.167. The fourth-order valence-electron chi connectivity index (χ4n) is 1.59. The molecule has 0 aliphatic rings. The highest BCUT2D eigenvalue weighted by Crippen LogP contribution is 2.25. The van der Waals surface area contributed by atoms with Gasteiger partial charge in [-0.2, -0.15) is 0 Å². The van der Waals surface area contributed by atoms with Gasteiger partial charge in [0.1, 0.15) is 0 Å². The molecule has 1 atom stereocenters. The molecular weight excluding hydrogens is 218 g/mol. The second kappa shape index (κ2) is 4.76. The Bertz CT molecular complexity index is 503. The fourth-order valence-corrected chi connectivity index (χ4v) is 2.38. The van der Waals surface area contributed by atoms with Gasteiger partial charge in [0.05, 0.1) is 16.3 Å². The topological polar surface area (TPSA) is 33.1 Å². The number of thiophene rings is 1. The highest BCUT2D eigenvalue weighted by molar-refractivity contribution is 7.17. The second-order valence-electron chi connectivity index (χ2n) is 4.08. The van der Waals surface area contributed by atoms with Crippen LogP contribution in [-0.4, -0.2) is 10.1 Å². The van der Waals surface area contributed by atoms with Gasteiger partial charge >= 0.3 is 0 Å². The van der Waals surface area contributed by atoms with E-state index in [1.807, 2.05) is 24.4 Å². The maximum atomic E-state index is 9.99. The minimum absolute atomic E-state index is 0.435. The molecule has 0 amide bonds. The Morgan fingerprint density at radius 1 is 1.62 bits per heavy atom. The molecular formula is C13H15NOS. The van der Waals surface area contributed by atoms with E-state index < -0.39 is 6.10 Å². The Morgan fingerprint density at radius 3 is 3.19 bits per heavy atom. The molecule has 2 nitrogen and oxygen atoms in total. The number of aromatic nitrogens is 1. The highest BCUT2D eigenvalue weighted by atomic mass is 32.1. The smallest absolute Gasteiger partial charge is 0.0809 e. The van der Waals surface area contributed by atoms with Crippen LogP contribution in [0.15, 0.2) is 35.9 Å². The van der Waals surface area contributed by atoms with Crippen molar-refractivity contribution in [3.63, 3.8) is 0 Å². The summed E-state index contributed by atoms with van der Waals surface area (Å²) in [4.78, 5) is 4.32. The Hall–Kier alpha value is -1.19. The van der Waals surface area contributed by atoms with Gasteiger partial charge in [-0.3, -0.25) is 4.98 Å². The van der Waals surface area contributed by atoms with Crippen LogP contribution < -0.4 is 0 Å². The summed E-state index contributed by atoms with van der Waals surface area (Å²) < 4.78 is 1.13. The first-order chi connectivity index (χ1) is 7.66. The van der Waals surface area contributed by atoms with Gasteiger partial charge in [0.15, 0.2) is 0 Å². The summed E-state index contributed by atoms with van der Waals surface area (Å²) in [5.74, 6) is 0. The van der Waals surface area contributed by atoms with Gasteiger partial charge < -0.3 is 5.11 Å². The van der Waals surface area contributed by atoms with Crippen LogP contribution in [0.1, 0.15) is 31.4 Å². The number of pyridine rings is 1. The zero-order valence-corrected chi connectivity index (χ0v) is 10.1. The van der Waals surface area contributed by atoms with Crippen LogP contribution in [0.25, 0.3) is 10.2 Å². The van der Waals surface area contributed by atoms with E-state index in [0.29, 0.717) is 6.42 Å². The summed E-state index contributed by atoms with van der Waals surface area (Å²) in [6, 6.07) is 4.01. The van der Waals surface area contributed by atoms with Crippen molar-refractivity contribution in [2.24, 2.45) is 0 Å². The summed E-state index contributed by atoms with van der Waals surface area (Å²) in [7, 11) is 0. The number of rotatable bonds is 4. The minimum atomic E-state index is -0.435. The van der Waals surface area contributed by atoms with Crippen LogP contribution in [0.5, 0.6) is 0 Å². The van der Waals surface area contributed by atoms with Gasteiger partial charge in [0, 0.05) is 11.8 Å². The lowest BCUT2D eigenvalue weighted by atomic mass is 10.0. The van der Waals surface area contributed by atoms with E-state index in [2.05, 4.69) is 11.6 Å². The van der Waals surface area contributed by atoms with Gasteiger partial charge in [-0.25, -0.2) is 0 Å². The van der Waals surface area contributed by atoms with Crippen LogP contribution in [0.3, 0.4) is 0 Å². The predicted octanol–water partition coefficient (Wildman–Crippen LogP) is 3.69. The SMILES string of the molecule is C=C(C)CCC(O)c1cnc2ccsc2c1. The molecule has 84 valence electrons. The van der Waals surface area contributed by atoms with E-state index in [0.717, 1.165) is 27.8 Å². The van der Waals surface area contributed by atoms with Crippen molar-refractivity contribution in [2.75, 3.05) is 0 Å². The van der Waals surface area contributed by atoms with Crippen molar-refractivity contribution in [3.05, 3.63) is 41.4 Å². The summed E-state index contributed by atoms with van der Waals surface area (Å²) >= 11 is 1.65. The molecule has 0 saturated carbocycles. The average molecular weight is 233 g/mol. The Balaban J connectivity index is 2.15. The van der Waals surface area contributed by atoms with Crippen LogP contribution in [-0.2, 0) is 0 Å². The molecule has 0 saturated heterocycles. The van der Waals surface area contributed by atoms with Crippen molar-refractivity contribution in [1.29, 1.82) is 0 Å². The van der Waals surface area contributed by atoms with E-state index >= 15 is 0 Å². The molecule has 1 N–H and O–H groups in total. The monoisotopic (exact) mass is 233 g/mol. The van der Waals surface area contributed by atoms with Gasteiger partial charge in [-0.05, 0) is 37.3 Å². The highest BCUT2D eigenvalue weighted by Gasteiger charge is 2.09. The quantitative estimate of drug-likeness (QED) is 0.817. The summed E-state index contributed by atoms with van der Waals surface area (Å²) in [6.07, 6.45) is 2.89. The number of hydrogen-bond donors (Lipinski definition) is 1. The molecule has 0 spiro atoms. The Labute approximate surface area is 99.3 Å². The van der Waals surface area contributed by atoms with Gasteiger partial charge in [0.25, 0.3) is 0 Å². The Kier molecular flexibility index (Phi) is 3.36. The number of hydrogen-bond acceptors (Lipinski definition) is 3. The van der Waals surface area contributed by atoms with Crippen molar-refractivity contribution in [1.82, 2.24) is 4.98 Å². The normalized spacial score (nSPS) is 12.9. The van der Waals surface area contributed by atoms with Crippen molar-refractivity contribution < 1.29 is 5.11 Å². The summed E-state index contributed by atoms with van der Waals surface area (Å²) in [5, 5.41) is 12.0. The molecule has 2 aromatic rings. The van der Waals surface area contributed by atoms with E-state index in [4.69, 9.17) is 0 Å². The lowest BCUT2D eigenvalue weighted by Gasteiger charge is -2.10. The summed E-state index contributed by atoms with van der Waals surface area (Å²) in [5.41, 5.74) is 3.00. The molecule has 3 heteroatoms. The standard InChI is InChI=1S/C13H15NOS/c1-9(2)3-4-12(15)10-7-13-11(14-8-10)5-6-16-13/h5-8,12,15H,1,3-4H2,2H3. The van der Waals surface area contributed by atoms with Crippen LogP contribution >= 0.6 is 11.3 Å². The van der Waals surface area contributed by atoms with Crippen LogP contribution in [0.2, 0.25) is 0 Å². The number of nitrogens with zero attached hydrogens (tertiary/aromatic N) is 1. The third kappa shape index (κ3) is 2.49. The molecule has 0 fully saturated rings. The first-order valence-corrected chi connectivity index (χ1v) is 6.20. The van der Waals surface area contributed by atoms with E-state index in [1.165, 1.54) is 0 Å². The van der Waals surface area contributed by atoms with Gasteiger partial charge in [0.2, 0.25) is 0 Å². The molecule has 2 rings (SSSR count). The predicted molar refractivity (Wildman–Crippen MR) is 68.6 cm³/mol. The molecule has 1 unspecified atom stereocenters. The number of aliphatic hydroxyl groups is 1. The van der Waals surface area contributed by atoms with E-state index in [9.17, 15) is 5.11 Å². The third-order valence-electron chi connectivity index (χ3n) is 2.55. The second-order valence-corrected chi connectivity index (χ2v) is 5.03. The van der Waals surface area contributed by atoms with Crippen LogP contribution in [0, 0.1) is 0 Å². The molecule has 0 bridgehead atoms. The molecule has 0 aromatic carbocycles. The lowest BCUT2D eigenvalue weighted by Crippen LogP contribution is -1.98. The maximum Gasteiger partial charge on any atom is 0.0809 e. The Morgan fingerprint density at radius 2 is 2.44 bits per heavy atom. The zero-order valence-electron chi connectivity index (χ0n) is 9.31. The molecule has 0 aliphatic heterocycles. The number of fused-ring (bicyclic) bond motifs is 1. The largest absolute Gasteiger partial charge is 0.388 e. The molecule has 0 aliphatic carbocycles. The first-order valence-electron chi connectivity index (χ1n) is 5.32. The van der Waals surface area contributed by atoms with E-state index in [1.54, 1.807) is 17.5 Å². The van der Waals surface area contributed by atoms with Crippen molar-refractivity contribution in [2.45, 2.75) is 25.9 Å². The van der Waals surface area contributed by atoms with Gasteiger partial charge in [-0.15, -0.1) is 17.9 Å². The van der Waals surface area contributed by atoms with Gasteiger partial charge in [-0.1, -0.05) is 5.57 Å². The third-order valence-corrected chi connectivity index (χ3v) is 3.41. The van der Waals surface area contributed by atoms with E-state index in [-0.39, 0.29) is 0 Å². The first kappa shape index (κ1) is 11.3.